The van der Waals surface area contributed by atoms with Gasteiger partial charge < -0.3 is 5.11 Å². The van der Waals surface area contributed by atoms with Crippen molar-refractivity contribution in [3.8, 4) is 0 Å². The number of aryl methyl sites for hydroxylation is 1. The first-order chi connectivity index (χ1) is 8.94. The van der Waals surface area contributed by atoms with Crippen LogP contribution in [0.15, 0.2) is 35.2 Å². The molecule has 7 heteroatoms. The number of thiophene rings is 1. The van der Waals surface area contributed by atoms with Crippen molar-refractivity contribution in [3.63, 3.8) is 0 Å². The summed E-state index contributed by atoms with van der Waals surface area (Å²) in [6.45, 7) is 1.58. The van der Waals surface area contributed by atoms with Gasteiger partial charge in [-0.15, -0.1) is 11.3 Å². The quantitative estimate of drug-likeness (QED) is 0.764. The Balaban J connectivity index is 2.38. The Morgan fingerprint density at radius 3 is 2.63 bits per heavy atom. The number of rotatable bonds is 4. The number of anilines is 1. The first kappa shape index (κ1) is 14.8. The molecular weight excluding hydrogens is 397 g/mol. The van der Waals surface area contributed by atoms with Crippen LogP contribution in [0.5, 0.6) is 0 Å². The van der Waals surface area contributed by atoms with Crippen molar-refractivity contribution in [2.45, 2.75) is 18.4 Å². The van der Waals surface area contributed by atoms with E-state index in [9.17, 15) is 8.42 Å². The van der Waals surface area contributed by atoms with Gasteiger partial charge in [-0.05, 0) is 47.7 Å². The third-order valence-electron chi connectivity index (χ3n) is 2.49. The summed E-state index contributed by atoms with van der Waals surface area (Å²) in [5, 5.41) is 9.07. The van der Waals surface area contributed by atoms with Gasteiger partial charge in [-0.3, -0.25) is 4.72 Å². The van der Waals surface area contributed by atoms with E-state index in [-0.39, 0.29) is 11.5 Å². The van der Waals surface area contributed by atoms with Gasteiger partial charge in [0.2, 0.25) is 0 Å². The number of aliphatic hydroxyl groups is 1. The van der Waals surface area contributed by atoms with E-state index in [0.717, 1.165) is 3.57 Å². The number of aliphatic hydroxyl groups excluding tert-OH is 1. The summed E-state index contributed by atoms with van der Waals surface area (Å²) in [5.74, 6) is 0. The van der Waals surface area contributed by atoms with Crippen molar-refractivity contribution in [1.29, 1.82) is 0 Å². The van der Waals surface area contributed by atoms with Gasteiger partial charge >= 0.3 is 0 Å². The molecule has 1 aromatic carbocycles. The van der Waals surface area contributed by atoms with Crippen LogP contribution in [0.2, 0.25) is 0 Å². The molecule has 0 atom stereocenters. The molecule has 1 aromatic heterocycles. The minimum Gasteiger partial charge on any atom is -0.391 e. The highest BCUT2D eigenvalue weighted by Crippen LogP contribution is 2.28. The Bertz CT molecular complexity index is 695. The molecule has 2 rings (SSSR count). The predicted octanol–water partition coefficient (Wildman–Crippen LogP) is 2.95. The Kier molecular flexibility index (Phi) is 4.49. The van der Waals surface area contributed by atoms with Crippen LogP contribution in [0.4, 0.5) is 5.69 Å². The maximum Gasteiger partial charge on any atom is 0.263 e. The number of halogens is 1. The second-order valence-corrected chi connectivity index (χ2v) is 8.03. The molecule has 0 aliphatic rings. The van der Waals surface area contributed by atoms with E-state index in [0.29, 0.717) is 15.4 Å². The molecule has 0 aliphatic heterocycles. The summed E-state index contributed by atoms with van der Waals surface area (Å²) in [5.41, 5.74) is 0.555. The van der Waals surface area contributed by atoms with Crippen LogP contribution < -0.4 is 4.72 Å². The van der Waals surface area contributed by atoms with E-state index in [2.05, 4.69) is 27.3 Å². The van der Waals surface area contributed by atoms with Gasteiger partial charge in [0.1, 0.15) is 4.90 Å². The maximum absolute atomic E-state index is 12.3. The average molecular weight is 409 g/mol. The van der Waals surface area contributed by atoms with Gasteiger partial charge in [0, 0.05) is 13.3 Å². The SMILES string of the molecule is Cc1sc(CO)cc1S(=O)(=O)Nc1ccccc1I. The van der Waals surface area contributed by atoms with Gasteiger partial charge in [0.05, 0.1) is 12.3 Å². The molecule has 2 aromatic rings. The van der Waals surface area contributed by atoms with Crippen molar-refractivity contribution < 1.29 is 13.5 Å². The fourth-order valence-electron chi connectivity index (χ4n) is 1.61. The van der Waals surface area contributed by atoms with E-state index >= 15 is 0 Å². The third kappa shape index (κ3) is 3.28. The van der Waals surface area contributed by atoms with Gasteiger partial charge in [0.25, 0.3) is 10.0 Å². The number of sulfonamides is 1. The number of benzene rings is 1. The fraction of sp³-hybridized carbons (Fsp3) is 0.167. The summed E-state index contributed by atoms with van der Waals surface area (Å²) in [7, 11) is -3.61. The largest absolute Gasteiger partial charge is 0.391 e. The van der Waals surface area contributed by atoms with Crippen LogP contribution in [-0.4, -0.2) is 13.5 Å². The van der Waals surface area contributed by atoms with Gasteiger partial charge in [0.15, 0.2) is 0 Å². The van der Waals surface area contributed by atoms with Crippen LogP contribution in [0.1, 0.15) is 9.75 Å². The third-order valence-corrected chi connectivity index (χ3v) is 6.08. The Hall–Kier alpha value is -0.640. The Labute approximate surface area is 129 Å². The van der Waals surface area contributed by atoms with Gasteiger partial charge in [-0.2, -0.15) is 0 Å². The van der Waals surface area contributed by atoms with E-state index in [4.69, 9.17) is 5.11 Å². The molecule has 19 heavy (non-hydrogen) atoms. The monoisotopic (exact) mass is 409 g/mol. The summed E-state index contributed by atoms with van der Waals surface area (Å²) >= 11 is 3.36. The lowest BCUT2D eigenvalue weighted by Gasteiger charge is -2.09. The van der Waals surface area contributed by atoms with E-state index in [1.165, 1.54) is 17.4 Å². The van der Waals surface area contributed by atoms with E-state index in [1.807, 2.05) is 12.1 Å². The van der Waals surface area contributed by atoms with Crippen LogP contribution in [0.25, 0.3) is 0 Å². The van der Waals surface area contributed by atoms with Crippen LogP contribution in [0, 0.1) is 10.5 Å². The molecule has 0 fully saturated rings. The van der Waals surface area contributed by atoms with E-state index in [1.54, 1.807) is 19.1 Å². The van der Waals surface area contributed by atoms with Gasteiger partial charge in [-0.25, -0.2) is 8.42 Å². The molecule has 4 nitrogen and oxygen atoms in total. The topological polar surface area (TPSA) is 66.4 Å². The highest BCUT2D eigenvalue weighted by molar-refractivity contribution is 14.1. The van der Waals surface area contributed by atoms with Crippen molar-refractivity contribution in [2.75, 3.05) is 4.72 Å². The maximum atomic E-state index is 12.3. The van der Waals surface area contributed by atoms with Crippen LogP contribution in [-0.2, 0) is 16.6 Å². The molecular formula is C12H12INO3S2. The second kappa shape index (κ2) is 5.78. The molecule has 1 heterocycles. The van der Waals surface area contributed by atoms with Gasteiger partial charge in [-0.1, -0.05) is 12.1 Å². The van der Waals surface area contributed by atoms with Crippen molar-refractivity contribution in [2.24, 2.45) is 0 Å². The zero-order valence-corrected chi connectivity index (χ0v) is 13.8. The summed E-state index contributed by atoms with van der Waals surface area (Å²) in [4.78, 5) is 1.53. The van der Waals surface area contributed by atoms with Crippen molar-refractivity contribution >= 4 is 49.6 Å². The molecule has 0 saturated carbocycles. The smallest absolute Gasteiger partial charge is 0.263 e. The minimum atomic E-state index is -3.61. The molecule has 0 amide bonds. The van der Waals surface area contributed by atoms with Crippen molar-refractivity contribution in [1.82, 2.24) is 0 Å². The molecule has 102 valence electrons. The molecule has 0 unspecified atom stereocenters. The second-order valence-electron chi connectivity index (χ2n) is 3.88. The number of hydrogen-bond acceptors (Lipinski definition) is 4. The fourth-order valence-corrected chi connectivity index (χ4v) is 4.89. The van der Waals surface area contributed by atoms with Crippen LogP contribution >= 0.6 is 33.9 Å². The molecule has 2 N–H and O–H groups in total. The molecule has 0 radical (unpaired) electrons. The average Bonchev–Trinajstić information content (AvgIpc) is 2.74. The Morgan fingerprint density at radius 1 is 1.37 bits per heavy atom. The first-order valence-electron chi connectivity index (χ1n) is 5.41. The first-order valence-corrected chi connectivity index (χ1v) is 8.79. The molecule has 0 saturated heterocycles. The minimum absolute atomic E-state index is 0.149. The lowest BCUT2D eigenvalue weighted by Crippen LogP contribution is -2.13. The number of para-hydroxylation sites is 1. The van der Waals surface area contributed by atoms with E-state index < -0.39 is 10.0 Å². The van der Waals surface area contributed by atoms with Crippen LogP contribution in [0.3, 0.4) is 0 Å². The van der Waals surface area contributed by atoms with Crippen molar-refractivity contribution in [3.05, 3.63) is 43.7 Å². The lowest BCUT2D eigenvalue weighted by atomic mass is 10.3. The number of nitrogens with one attached hydrogen (secondary N) is 1. The zero-order chi connectivity index (χ0) is 14.0. The molecule has 0 bridgehead atoms. The summed E-state index contributed by atoms with van der Waals surface area (Å²) < 4.78 is 28.0. The number of hydrogen-bond donors (Lipinski definition) is 2. The Morgan fingerprint density at radius 2 is 2.05 bits per heavy atom. The highest BCUT2D eigenvalue weighted by Gasteiger charge is 2.20. The molecule has 0 aliphatic carbocycles. The highest BCUT2D eigenvalue weighted by atomic mass is 127. The summed E-state index contributed by atoms with van der Waals surface area (Å²) in [6, 6.07) is 8.68. The lowest BCUT2D eigenvalue weighted by molar-refractivity contribution is 0.285. The predicted molar refractivity (Wildman–Crippen MR) is 84.9 cm³/mol. The zero-order valence-electron chi connectivity index (χ0n) is 10.1. The standard InChI is InChI=1S/C12H12INO3S2/c1-8-12(6-9(7-15)18-8)19(16,17)14-11-5-3-2-4-10(11)13/h2-6,14-15H,7H2,1H3. The normalized spacial score (nSPS) is 11.5. The molecule has 0 spiro atoms. The summed E-state index contributed by atoms with van der Waals surface area (Å²) in [6.07, 6.45) is 0.